The van der Waals surface area contributed by atoms with Crippen molar-refractivity contribution in [2.75, 3.05) is 6.54 Å². The SMILES string of the molecule is CC1CCC(=CCN)C1. The lowest BCUT2D eigenvalue weighted by molar-refractivity contribution is 0.620. The zero-order valence-electron chi connectivity index (χ0n) is 6.06. The van der Waals surface area contributed by atoms with Gasteiger partial charge in [-0.3, -0.25) is 0 Å². The highest BCUT2D eigenvalue weighted by Crippen LogP contribution is 2.28. The first-order valence-corrected chi connectivity index (χ1v) is 3.71. The Balaban J connectivity index is 2.38. The standard InChI is InChI=1S/C8H15N/c1-7-2-3-8(6-7)4-5-9/h4,7H,2-3,5-6,9H2,1H3. The molecule has 0 spiro atoms. The van der Waals surface area contributed by atoms with Crippen molar-refractivity contribution in [3.05, 3.63) is 11.6 Å². The van der Waals surface area contributed by atoms with Crippen LogP contribution in [0, 0.1) is 5.92 Å². The minimum atomic E-state index is 0.724. The van der Waals surface area contributed by atoms with Crippen LogP contribution in [0.5, 0.6) is 0 Å². The summed E-state index contributed by atoms with van der Waals surface area (Å²) in [5.41, 5.74) is 6.95. The van der Waals surface area contributed by atoms with E-state index in [4.69, 9.17) is 5.73 Å². The molecule has 0 radical (unpaired) electrons. The van der Waals surface area contributed by atoms with Crippen LogP contribution in [0.3, 0.4) is 0 Å². The average Bonchev–Trinajstić information content (AvgIpc) is 2.17. The van der Waals surface area contributed by atoms with Crippen LogP contribution < -0.4 is 5.73 Å². The van der Waals surface area contributed by atoms with Crippen molar-refractivity contribution in [2.45, 2.75) is 26.2 Å². The summed E-state index contributed by atoms with van der Waals surface area (Å²) >= 11 is 0. The Hall–Kier alpha value is -0.300. The van der Waals surface area contributed by atoms with Gasteiger partial charge in [0.25, 0.3) is 0 Å². The molecule has 2 N–H and O–H groups in total. The predicted octanol–water partition coefficient (Wildman–Crippen LogP) is 1.69. The Morgan fingerprint density at radius 1 is 1.78 bits per heavy atom. The lowest BCUT2D eigenvalue weighted by atomic mass is 10.1. The maximum atomic E-state index is 5.38. The van der Waals surface area contributed by atoms with Gasteiger partial charge in [-0.25, -0.2) is 0 Å². The van der Waals surface area contributed by atoms with E-state index in [0.29, 0.717) is 0 Å². The molecule has 0 bridgehead atoms. The highest BCUT2D eigenvalue weighted by molar-refractivity contribution is 5.07. The summed E-state index contributed by atoms with van der Waals surface area (Å²) in [6, 6.07) is 0. The lowest BCUT2D eigenvalue weighted by Crippen LogP contribution is -1.94. The zero-order chi connectivity index (χ0) is 6.69. The molecule has 1 rings (SSSR count). The molecule has 0 saturated heterocycles. The summed E-state index contributed by atoms with van der Waals surface area (Å²) in [5, 5.41) is 0. The third-order valence-electron chi connectivity index (χ3n) is 1.98. The summed E-state index contributed by atoms with van der Waals surface area (Å²) in [6.45, 7) is 3.03. The van der Waals surface area contributed by atoms with Gasteiger partial charge < -0.3 is 5.73 Å². The van der Waals surface area contributed by atoms with Crippen LogP contribution in [0.25, 0.3) is 0 Å². The Kier molecular flexibility index (Phi) is 2.29. The van der Waals surface area contributed by atoms with E-state index < -0.39 is 0 Å². The molecule has 1 aliphatic rings. The van der Waals surface area contributed by atoms with Gasteiger partial charge in [0.1, 0.15) is 0 Å². The average molecular weight is 125 g/mol. The van der Waals surface area contributed by atoms with Crippen LogP contribution in [0.1, 0.15) is 26.2 Å². The van der Waals surface area contributed by atoms with Crippen molar-refractivity contribution in [1.29, 1.82) is 0 Å². The van der Waals surface area contributed by atoms with Gasteiger partial charge in [-0.1, -0.05) is 18.6 Å². The minimum absolute atomic E-state index is 0.724. The molecule has 1 atom stereocenters. The van der Waals surface area contributed by atoms with E-state index in [1.807, 2.05) is 0 Å². The van der Waals surface area contributed by atoms with Crippen LogP contribution in [0.4, 0.5) is 0 Å². The van der Waals surface area contributed by atoms with Gasteiger partial charge >= 0.3 is 0 Å². The predicted molar refractivity (Wildman–Crippen MR) is 40.2 cm³/mol. The molecule has 0 aromatic heterocycles. The summed E-state index contributed by atoms with van der Waals surface area (Å²) in [5.74, 6) is 0.905. The van der Waals surface area contributed by atoms with E-state index in [9.17, 15) is 0 Å². The maximum Gasteiger partial charge on any atom is 0.0109 e. The number of nitrogens with two attached hydrogens (primary N) is 1. The molecular formula is C8H15N. The largest absolute Gasteiger partial charge is 0.327 e. The fraction of sp³-hybridized carbons (Fsp3) is 0.750. The van der Waals surface area contributed by atoms with Gasteiger partial charge in [0.2, 0.25) is 0 Å². The van der Waals surface area contributed by atoms with Crippen molar-refractivity contribution < 1.29 is 0 Å². The minimum Gasteiger partial charge on any atom is -0.327 e. The smallest absolute Gasteiger partial charge is 0.0109 e. The van der Waals surface area contributed by atoms with Crippen molar-refractivity contribution in [2.24, 2.45) is 11.7 Å². The number of rotatable bonds is 1. The molecule has 1 aliphatic carbocycles. The molecule has 0 aliphatic heterocycles. The quantitative estimate of drug-likeness (QED) is 0.530. The fourth-order valence-electron chi connectivity index (χ4n) is 1.44. The van der Waals surface area contributed by atoms with Crippen molar-refractivity contribution in [3.63, 3.8) is 0 Å². The van der Waals surface area contributed by atoms with Crippen LogP contribution in [0.15, 0.2) is 11.6 Å². The maximum absolute atomic E-state index is 5.38. The summed E-state index contributed by atoms with van der Waals surface area (Å²) < 4.78 is 0. The fourth-order valence-corrected chi connectivity index (χ4v) is 1.44. The second-order valence-corrected chi connectivity index (χ2v) is 2.95. The second-order valence-electron chi connectivity index (χ2n) is 2.95. The molecule has 1 nitrogen and oxygen atoms in total. The topological polar surface area (TPSA) is 26.0 Å². The first-order chi connectivity index (χ1) is 4.33. The van der Waals surface area contributed by atoms with E-state index in [1.54, 1.807) is 5.57 Å². The van der Waals surface area contributed by atoms with Crippen LogP contribution in [-0.2, 0) is 0 Å². The van der Waals surface area contributed by atoms with E-state index in [-0.39, 0.29) is 0 Å². The monoisotopic (exact) mass is 125 g/mol. The molecule has 9 heavy (non-hydrogen) atoms. The van der Waals surface area contributed by atoms with Gasteiger partial charge in [-0.2, -0.15) is 0 Å². The van der Waals surface area contributed by atoms with E-state index in [2.05, 4.69) is 13.0 Å². The molecule has 1 unspecified atom stereocenters. The number of allylic oxidation sites excluding steroid dienone is 1. The lowest BCUT2D eigenvalue weighted by Gasteiger charge is -1.94. The highest BCUT2D eigenvalue weighted by atomic mass is 14.5. The Bertz CT molecular complexity index is 116. The van der Waals surface area contributed by atoms with Crippen LogP contribution in [-0.4, -0.2) is 6.54 Å². The zero-order valence-corrected chi connectivity index (χ0v) is 6.06. The first kappa shape index (κ1) is 6.81. The Morgan fingerprint density at radius 3 is 3.00 bits per heavy atom. The Morgan fingerprint density at radius 2 is 2.56 bits per heavy atom. The van der Waals surface area contributed by atoms with E-state index in [0.717, 1.165) is 12.5 Å². The molecular weight excluding hydrogens is 110 g/mol. The van der Waals surface area contributed by atoms with E-state index >= 15 is 0 Å². The molecule has 52 valence electrons. The summed E-state index contributed by atoms with van der Waals surface area (Å²) in [6.07, 6.45) is 6.12. The number of hydrogen-bond donors (Lipinski definition) is 1. The van der Waals surface area contributed by atoms with Gasteiger partial charge in [0, 0.05) is 6.54 Å². The normalized spacial score (nSPS) is 31.8. The Labute approximate surface area is 56.9 Å². The first-order valence-electron chi connectivity index (χ1n) is 3.71. The van der Waals surface area contributed by atoms with Crippen molar-refractivity contribution >= 4 is 0 Å². The molecule has 0 heterocycles. The molecule has 1 fully saturated rings. The van der Waals surface area contributed by atoms with Gasteiger partial charge in [0.05, 0.1) is 0 Å². The molecule has 1 saturated carbocycles. The van der Waals surface area contributed by atoms with Crippen molar-refractivity contribution in [1.82, 2.24) is 0 Å². The third-order valence-corrected chi connectivity index (χ3v) is 1.98. The molecule has 0 aromatic carbocycles. The van der Waals surface area contributed by atoms with Gasteiger partial charge in [-0.05, 0) is 25.2 Å². The highest BCUT2D eigenvalue weighted by Gasteiger charge is 2.13. The van der Waals surface area contributed by atoms with Crippen LogP contribution >= 0.6 is 0 Å². The molecule has 0 aromatic rings. The third kappa shape index (κ3) is 1.83. The number of hydrogen-bond acceptors (Lipinski definition) is 1. The van der Waals surface area contributed by atoms with Gasteiger partial charge in [0.15, 0.2) is 0 Å². The van der Waals surface area contributed by atoms with Crippen LogP contribution in [0.2, 0.25) is 0 Å². The second kappa shape index (κ2) is 3.02. The molecule has 0 amide bonds. The molecule has 1 heteroatoms. The summed E-state index contributed by atoms with van der Waals surface area (Å²) in [4.78, 5) is 0. The van der Waals surface area contributed by atoms with Gasteiger partial charge in [-0.15, -0.1) is 0 Å². The summed E-state index contributed by atoms with van der Waals surface area (Å²) in [7, 11) is 0. The van der Waals surface area contributed by atoms with E-state index in [1.165, 1.54) is 19.3 Å². The van der Waals surface area contributed by atoms with Crippen molar-refractivity contribution in [3.8, 4) is 0 Å².